The lowest BCUT2D eigenvalue weighted by Crippen LogP contribution is -2.55. The van der Waals surface area contributed by atoms with Gasteiger partial charge in [0.25, 0.3) is 0 Å². The molecule has 9 nitrogen and oxygen atoms in total. The predicted octanol–water partition coefficient (Wildman–Crippen LogP) is -0.775. The van der Waals surface area contributed by atoms with Crippen molar-refractivity contribution in [1.29, 1.82) is 0 Å². The monoisotopic (exact) mass is 372 g/mol. The number of methoxy groups -OCH3 is 1. The summed E-state index contributed by atoms with van der Waals surface area (Å²) < 4.78 is 20.7. The largest absolute Gasteiger partial charge is 0.400 e. The summed E-state index contributed by atoms with van der Waals surface area (Å²) in [6, 6.07) is 0. The average Bonchev–Trinajstić information content (AvgIpc) is 2.67. The summed E-state index contributed by atoms with van der Waals surface area (Å²) in [5.41, 5.74) is 0. The maximum Gasteiger partial charge on any atom is 0.186 e. The number of aliphatic hydroxyl groups excluding tert-OH is 5. The third kappa shape index (κ3) is 8.72. The Morgan fingerprint density at radius 2 is 1.28 bits per heavy atom. The fourth-order valence-electron chi connectivity index (χ4n) is 2.17. The second kappa shape index (κ2) is 15.9. The molecule has 5 N–H and O–H groups in total. The summed E-state index contributed by atoms with van der Waals surface area (Å²) in [7, 11) is 2.43. The molecule has 154 valence electrons. The minimum absolute atomic E-state index is 0.125. The molecule has 0 bridgehead atoms. The molecule has 0 aliphatic carbocycles. The van der Waals surface area contributed by atoms with Crippen LogP contribution in [-0.2, 0) is 18.9 Å². The van der Waals surface area contributed by atoms with Crippen LogP contribution < -0.4 is 0 Å². The number of hydrogen-bond donors (Lipinski definition) is 5. The lowest BCUT2D eigenvalue weighted by molar-refractivity contribution is -0.306. The molecule has 2 aliphatic heterocycles. The molecule has 2 fully saturated rings. The standard InChI is InChI=1S/C11H20O8.2C2H6.CH4O/c1-16-10-6(12)2-5(3-17-10)19-11-9(15)8(14)7(13)4-18-11;3*1-2/h5-15H,2-4H2,1H3;2*1-2H3;2H,1H3/t5-,6?,7?,8?,9+,10?,11+;;;/m0.../s1. The Balaban J connectivity index is 0. The summed E-state index contributed by atoms with van der Waals surface area (Å²) in [6.07, 6.45) is -6.60. The Labute approximate surface area is 150 Å². The maximum absolute atomic E-state index is 9.71. The molecule has 0 aromatic rings. The molecule has 2 aliphatic rings. The van der Waals surface area contributed by atoms with Gasteiger partial charge in [0, 0.05) is 20.6 Å². The highest BCUT2D eigenvalue weighted by molar-refractivity contribution is 4.84. The molecule has 0 saturated carbocycles. The van der Waals surface area contributed by atoms with E-state index in [1.54, 1.807) is 0 Å². The van der Waals surface area contributed by atoms with Crippen LogP contribution in [0.1, 0.15) is 34.1 Å². The highest BCUT2D eigenvalue weighted by Gasteiger charge is 2.41. The zero-order chi connectivity index (χ0) is 20.0. The zero-order valence-electron chi connectivity index (χ0n) is 16.0. The molecule has 4 unspecified atom stereocenters. The SMILES string of the molecule is CC.CC.CO.COC1OC[C@@H](O[C@H]2OCC(O)C(O)[C@H]2O)CC1O. The second-order valence-corrected chi connectivity index (χ2v) is 4.75. The van der Waals surface area contributed by atoms with Crippen LogP contribution >= 0.6 is 0 Å². The van der Waals surface area contributed by atoms with Crippen LogP contribution in [0.5, 0.6) is 0 Å². The third-order valence-electron chi connectivity index (χ3n) is 3.28. The van der Waals surface area contributed by atoms with Crippen molar-refractivity contribution in [2.24, 2.45) is 0 Å². The molecule has 2 saturated heterocycles. The first-order valence-electron chi connectivity index (χ1n) is 8.61. The first-order chi connectivity index (χ1) is 12.0. The normalized spacial score (nSPS) is 37.3. The Bertz CT molecular complexity index is 293. The van der Waals surface area contributed by atoms with Crippen molar-refractivity contribution in [3.63, 3.8) is 0 Å². The van der Waals surface area contributed by atoms with Crippen molar-refractivity contribution in [3.05, 3.63) is 0 Å². The van der Waals surface area contributed by atoms with Gasteiger partial charge in [0.05, 0.1) is 19.3 Å². The maximum atomic E-state index is 9.71. The van der Waals surface area contributed by atoms with Gasteiger partial charge in [0.15, 0.2) is 12.6 Å². The molecule has 0 aromatic heterocycles. The van der Waals surface area contributed by atoms with E-state index in [9.17, 15) is 20.4 Å². The predicted molar refractivity (Wildman–Crippen MR) is 90.8 cm³/mol. The fourth-order valence-corrected chi connectivity index (χ4v) is 2.17. The first-order valence-corrected chi connectivity index (χ1v) is 8.61. The van der Waals surface area contributed by atoms with Crippen molar-refractivity contribution in [1.82, 2.24) is 0 Å². The van der Waals surface area contributed by atoms with Crippen LogP contribution in [0.25, 0.3) is 0 Å². The van der Waals surface area contributed by atoms with E-state index in [1.807, 2.05) is 27.7 Å². The van der Waals surface area contributed by atoms with Gasteiger partial charge in [-0.2, -0.15) is 0 Å². The van der Waals surface area contributed by atoms with E-state index in [1.165, 1.54) is 7.11 Å². The van der Waals surface area contributed by atoms with Gasteiger partial charge in [0.1, 0.15) is 24.4 Å². The molecular weight excluding hydrogens is 336 g/mol. The smallest absolute Gasteiger partial charge is 0.186 e. The molecule has 2 rings (SSSR count). The molecule has 25 heavy (non-hydrogen) atoms. The van der Waals surface area contributed by atoms with Gasteiger partial charge in [-0.3, -0.25) is 0 Å². The molecule has 0 amide bonds. The van der Waals surface area contributed by atoms with E-state index >= 15 is 0 Å². The summed E-state index contributed by atoms with van der Waals surface area (Å²) in [4.78, 5) is 0. The quantitative estimate of drug-likeness (QED) is 0.432. The van der Waals surface area contributed by atoms with Crippen molar-refractivity contribution < 1.29 is 44.5 Å². The molecule has 7 atom stereocenters. The van der Waals surface area contributed by atoms with Crippen LogP contribution in [0.2, 0.25) is 0 Å². The first kappa shape index (κ1) is 26.9. The number of hydrogen-bond acceptors (Lipinski definition) is 9. The van der Waals surface area contributed by atoms with E-state index in [0.29, 0.717) is 0 Å². The lowest BCUT2D eigenvalue weighted by atomic mass is 10.0. The average molecular weight is 372 g/mol. The summed E-state index contributed by atoms with van der Waals surface area (Å²) >= 11 is 0. The van der Waals surface area contributed by atoms with E-state index in [-0.39, 0.29) is 19.6 Å². The van der Waals surface area contributed by atoms with Gasteiger partial charge in [-0.1, -0.05) is 27.7 Å². The van der Waals surface area contributed by atoms with Gasteiger partial charge < -0.3 is 44.5 Å². The fraction of sp³-hybridized carbons (Fsp3) is 1.00. The number of aliphatic hydroxyl groups is 5. The van der Waals surface area contributed by atoms with Crippen LogP contribution in [0.4, 0.5) is 0 Å². The third-order valence-corrected chi connectivity index (χ3v) is 3.28. The second-order valence-electron chi connectivity index (χ2n) is 4.75. The van der Waals surface area contributed by atoms with E-state index in [2.05, 4.69) is 0 Å². The molecule has 0 spiro atoms. The van der Waals surface area contributed by atoms with Crippen LogP contribution in [-0.4, -0.2) is 96.1 Å². The molecular formula is C16H36O9. The van der Waals surface area contributed by atoms with Gasteiger partial charge >= 0.3 is 0 Å². The molecule has 2 heterocycles. The summed E-state index contributed by atoms with van der Waals surface area (Å²) in [6.45, 7) is 8.06. The Hall–Kier alpha value is -0.360. The van der Waals surface area contributed by atoms with Crippen molar-refractivity contribution in [2.75, 3.05) is 27.4 Å². The van der Waals surface area contributed by atoms with Gasteiger partial charge in [-0.15, -0.1) is 0 Å². The van der Waals surface area contributed by atoms with E-state index < -0.39 is 43.1 Å². The number of ether oxygens (including phenoxy) is 4. The highest BCUT2D eigenvalue weighted by atomic mass is 16.7. The van der Waals surface area contributed by atoms with Crippen molar-refractivity contribution in [3.8, 4) is 0 Å². The minimum atomic E-state index is -1.35. The lowest BCUT2D eigenvalue weighted by Gasteiger charge is -2.39. The molecule has 0 radical (unpaired) electrons. The molecule has 0 aromatic carbocycles. The summed E-state index contributed by atoms with van der Waals surface area (Å²) in [5.74, 6) is 0. The highest BCUT2D eigenvalue weighted by Crippen LogP contribution is 2.23. The van der Waals surface area contributed by atoms with Gasteiger partial charge in [-0.05, 0) is 0 Å². The Morgan fingerprint density at radius 3 is 1.76 bits per heavy atom. The van der Waals surface area contributed by atoms with E-state index in [4.69, 9.17) is 24.1 Å². The van der Waals surface area contributed by atoms with Crippen molar-refractivity contribution in [2.45, 2.75) is 77.2 Å². The summed E-state index contributed by atoms with van der Waals surface area (Å²) in [5, 5.41) is 45.2. The number of rotatable bonds is 3. The topological polar surface area (TPSA) is 138 Å². The van der Waals surface area contributed by atoms with Gasteiger partial charge in [0.2, 0.25) is 0 Å². The minimum Gasteiger partial charge on any atom is -0.400 e. The molecule has 9 heteroatoms. The van der Waals surface area contributed by atoms with Crippen LogP contribution in [0.15, 0.2) is 0 Å². The Morgan fingerprint density at radius 1 is 0.760 bits per heavy atom. The Kier molecular flexibility index (Phi) is 17.0. The van der Waals surface area contributed by atoms with Gasteiger partial charge in [-0.25, -0.2) is 0 Å². The van der Waals surface area contributed by atoms with Crippen LogP contribution in [0.3, 0.4) is 0 Å². The van der Waals surface area contributed by atoms with Crippen LogP contribution in [0, 0.1) is 0 Å². The van der Waals surface area contributed by atoms with E-state index in [0.717, 1.165) is 7.11 Å². The zero-order valence-corrected chi connectivity index (χ0v) is 16.0. The van der Waals surface area contributed by atoms with Crippen molar-refractivity contribution >= 4 is 0 Å².